The van der Waals surface area contributed by atoms with Gasteiger partial charge in [-0.15, -0.1) is 0 Å². The van der Waals surface area contributed by atoms with Crippen LogP contribution in [0, 0.1) is 0 Å². The van der Waals surface area contributed by atoms with Gasteiger partial charge in [0.2, 0.25) is 0 Å². The molecule has 2 aromatic rings. The van der Waals surface area contributed by atoms with Crippen LogP contribution in [0.15, 0.2) is 28.2 Å². The molecule has 0 fully saturated rings. The molecule has 16 heavy (non-hydrogen) atoms. The van der Waals surface area contributed by atoms with Crippen molar-refractivity contribution in [2.24, 2.45) is 7.05 Å². The molecule has 0 aliphatic heterocycles. The number of aromatic nitrogens is 4. The molecule has 2 aromatic heterocycles. The maximum Gasteiger partial charge on any atom is 0.328 e. The predicted molar refractivity (Wildman–Crippen MR) is 58.0 cm³/mol. The van der Waals surface area contributed by atoms with E-state index in [0.717, 1.165) is 5.56 Å². The van der Waals surface area contributed by atoms with Gasteiger partial charge < -0.3 is 5.73 Å². The Hall–Kier alpha value is -2.31. The van der Waals surface area contributed by atoms with Crippen LogP contribution in [0.2, 0.25) is 0 Å². The number of nitrogen functional groups attached to an aromatic ring is 1. The van der Waals surface area contributed by atoms with Crippen LogP contribution in [0.25, 0.3) is 0 Å². The summed E-state index contributed by atoms with van der Waals surface area (Å²) in [5.74, 6) is 0. The number of nitrogens with two attached hydrogens (primary N) is 1. The molecule has 84 valence electrons. The van der Waals surface area contributed by atoms with Gasteiger partial charge in [0.25, 0.3) is 5.56 Å². The van der Waals surface area contributed by atoms with Gasteiger partial charge in [-0.3, -0.25) is 19.0 Å². The summed E-state index contributed by atoms with van der Waals surface area (Å²) >= 11 is 0. The van der Waals surface area contributed by atoms with E-state index >= 15 is 0 Å². The van der Waals surface area contributed by atoms with Crippen LogP contribution in [0.3, 0.4) is 0 Å². The van der Waals surface area contributed by atoms with Crippen LogP contribution in [-0.4, -0.2) is 19.3 Å². The second-order valence-electron chi connectivity index (χ2n) is 3.49. The van der Waals surface area contributed by atoms with Crippen molar-refractivity contribution in [3.8, 4) is 0 Å². The zero-order valence-electron chi connectivity index (χ0n) is 8.67. The lowest BCUT2D eigenvalue weighted by Gasteiger charge is -2.03. The first-order valence-electron chi connectivity index (χ1n) is 4.63. The van der Waals surface area contributed by atoms with E-state index in [1.807, 2.05) is 0 Å². The van der Waals surface area contributed by atoms with E-state index in [-0.39, 0.29) is 5.69 Å². The first-order chi connectivity index (χ1) is 7.56. The zero-order chi connectivity index (χ0) is 11.7. The van der Waals surface area contributed by atoms with Gasteiger partial charge in [-0.1, -0.05) is 0 Å². The Labute approximate surface area is 90.1 Å². The van der Waals surface area contributed by atoms with E-state index in [2.05, 4.69) is 10.1 Å². The number of nitrogens with zero attached hydrogens (tertiary/aromatic N) is 3. The summed E-state index contributed by atoms with van der Waals surface area (Å²) in [5, 5.41) is 3.98. The molecule has 0 unspecified atom stereocenters. The van der Waals surface area contributed by atoms with E-state index in [1.54, 1.807) is 24.1 Å². The average Bonchev–Trinajstić information content (AvgIpc) is 2.60. The van der Waals surface area contributed by atoms with Crippen LogP contribution in [0.1, 0.15) is 5.56 Å². The number of aromatic amines is 1. The van der Waals surface area contributed by atoms with Crippen molar-refractivity contribution in [2.75, 3.05) is 5.73 Å². The summed E-state index contributed by atoms with van der Waals surface area (Å²) in [6.45, 7) is 0.327. The van der Waals surface area contributed by atoms with Crippen LogP contribution in [0.5, 0.6) is 0 Å². The van der Waals surface area contributed by atoms with Crippen molar-refractivity contribution in [3.63, 3.8) is 0 Å². The van der Waals surface area contributed by atoms with Crippen LogP contribution < -0.4 is 17.0 Å². The highest BCUT2D eigenvalue weighted by Gasteiger charge is 2.03. The first kappa shape index (κ1) is 10.2. The fourth-order valence-corrected chi connectivity index (χ4v) is 1.39. The number of hydrogen-bond acceptors (Lipinski definition) is 4. The second-order valence-corrected chi connectivity index (χ2v) is 3.49. The molecule has 0 aliphatic rings. The van der Waals surface area contributed by atoms with E-state index in [4.69, 9.17) is 5.73 Å². The molecular formula is C9H11N5O2. The van der Waals surface area contributed by atoms with E-state index in [9.17, 15) is 9.59 Å². The highest BCUT2D eigenvalue weighted by molar-refractivity contribution is 5.30. The molecule has 2 heterocycles. The highest BCUT2D eigenvalue weighted by atomic mass is 16.2. The van der Waals surface area contributed by atoms with E-state index in [0.29, 0.717) is 6.54 Å². The number of nitrogens with one attached hydrogen (secondary N) is 1. The summed E-state index contributed by atoms with van der Waals surface area (Å²) in [6, 6.07) is 0. The van der Waals surface area contributed by atoms with Gasteiger partial charge in [0.1, 0.15) is 5.69 Å². The van der Waals surface area contributed by atoms with Crippen LogP contribution in [-0.2, 0) is 13.6 Å². The third-order valence-electron chi connectivity index (χ3n) is 2.15. The number of hydrogen-bond donors (Lipinski definition) is 2. The van der Waals surface area contributed by atoms with Crippen molar-refractivity contribution < 1.29 is 0 Å². The predicted octanol–water partition coefficient (Wildman–Crippen LogP) is -1.10. The van der Waals surface area contributed by atoms with Crippen LogP contribution >= 0.6 is 0 Å². The largest absolute Gasteiger partial charge is 0.393 e. The molecule has 2 rings (SSSR count). The molecule has 7 nitrogen and oxygen atoms in total. The third kappa shape index (κ3) is 1.88. The minimum Gasteiger partial charge on any atom is -0.393 e. The normalized spacial score (nSPS) is 10.6. The molecule has 0 bridgehead atoms. The summed E-state index contributed by atoms with van der Waals surface area (Å²) < 4.78 is 2.96. The fraction of sp³-hybridized carbons (Fsp3) is 0.222. The van der Waals surface area contributed by atoms with E-state index < -0.39 is 11.2 Å². The standard InChI is InChI=1S/C9H11N5O2/c1-13-3-6(2-11-13)4-14-5-7(10)8(15)12-9(14)16/h2-3,5H,4,10H2,1H3,(H,12,15,16). The third-order valence-corrected chi connectivity index (χ3v) is 2.15. The lowest BCUT2D eigenvalue weighted by atomic mass is 10.3. The summed E-state index contributed by atoms with van der Waals surface area (Å²) in [7, 11) is 1.79. The number of H-pyrrole nitrogens is 1. The van der Waals surface area contributed by atoms with Gasteiger partial charge in [0.05, 0.1) is 12.7 Å². The molecule has 0 spiro atoms. The second kappa shape index (κ2) is 3.69. The van der Waals surface area contributed by atoms with E-state index in [1.165, 1.54) is 10.8 Å². The minimum atomic E-state index is -0.563. The Morgan fingerprint density at radius 1 is 1.44 bits per heavy atom. The molecule has 0 saturated heterocycles. The molecule has 0 atom stereocenters. The van der Waals surface area contributed by atoms with Crippen molar-refractivity contribution >= 4 is 5.69 Å². The minimum absolute atomic E-state index is 0.0171. The summed E-state index contributed by atoms with van der Waals surface area (Å²) in [4.78, 5) is 24.6. The Bertz CT molecular complexity index is 621. The Morgan fingerprint density at radius 2 is 2.19 bits per heavy atom. The van der Waals surface area contributed by atoms with Gasteiger partial charge in [-0.05, 0) is 0 Å². The maximum absolute atomic E-state index is 11.4. The van der Waals surface area contributed by atoms with Crippen molar-refractivity contribution in [1.29, 1.82) is 0 Å². The Kier molecular flexibility index (Phi) is 2.35. The SMILES string of the molecule is Cn1cc(Cn2cc(N)c(=O)[nH]c2=O)cn1. The number of anilines is 1. The monoisotopic (exact) mass is 221 g/mol. The van der Waals surface area contributed by atoms with Gasteiger partial charge in [-0.25, -0.2) is 4.79 Å². The van der Waals surface area contributed by atoms with Crippen molar-refractivity contribution in [2.45, 2.75) is 6.54 Å². The summed E-state index contributed by atoms with van der Waals surface area (Å²) in [6.07, 6.45) is 4.76. The number of rotatable bonds is 2. The molecule has 0 amide bonds. The Morgan fingerprint density at radius 3 is 2.81 bits per heavy atom. The van der Waals surface area contributed by atoms with Crippen LogP contribution in [0.4, 0.5) is 5.69 Å². The quantitative estimate of drug-likeness (QED) is 0.672. The zero-order valence-corrected chi connectivity index (χ0v) is 8.67. The van der Waals surface area contributed by atoms with Crippen molar-refractivity contribution in [3.05, 3.63) is 45.0 Å². The molecule has 0 aromatic carbocycles. The lowest BCUT2D eigenvalue weighted by molar-refractivity contribution is 0.720. The molecule has 0 radical (unpaired) electrons. The molecule has 7 heteroatoms. The van der Waals surface area contributed by atoms with Gasteiger partial charge >= 0.3 is 5.69 Å². The lowest BCUT2D eigenvalue weighted by Crippen LogP contribution is -2.31. The maximum atomic E-state index is 11.4. The summed E-state index contributed by atoms with van der Waals surface area (Å²) in [5.41, 5.74) is 5.25. The first-order valence-corrected chi connectivity index (χ1v) is 4.63. The van der Waals surface area contributed by atoms with Gasteiger partial charge in [0.15, 0.2) is 0 Å². The smallest absolute Gasteiger partial charge is 0.328 e. The van der Waals surface area contributed by atoms with Gasteiger partial charge in [0, 0.05) is 25.0 Å². The molecular weight excluding hydrogens is 210 g/mol. The average molecular weight is 221 g/mol. The fourth-order valence-electron chi connectivity index (χ4n) is 1.39. The number of aryl methyl sites for hydroxylation is 1. The topological polar surface area (TPSA) is 98.7 Å². The molecule has 0 aliphatic carbocycles. The van der Waals surface area contributed by atoms with Gasteiger partial charge in [-0.2, -0.15) is 5.10 Å². The molecule has 0 saturated carbocycles. The Balaban J connectivity index is 2.39. The van der Waals surface area contributed by atoms with Crippen molar-refractivity contribution in [1.82, 2.24) is 19.3 Å². The highest BCUT2D eigenvalue weighted by Crippen LogP contribution is 1.98. The molecule has 3 N–H and O–H groups in total.